The molecule has 1 N–H and O–H groups in total. The number of aryl methyl sites for hydroxylation is 2. The molecule has 2 aromatic carbocycles. The summed E-state index contributed by atoms with van der Waals surface area (Å²) in [4.78, 5) is 12.1. The van der Waals surface area contributed by atoms with E-state index in [1.807, 2.05) is 38.1 Å². The van der Waals surface area contributed by atoms with Crippen molar-refractivity contribution in [2.75, 3.05) is 0 Å². The summed E-state index contributed by atoms with van der Waals surface area (Å²) < 4.78 is 19.4. The second kappa shape index (κ2) is 7.27. The molecule has 26 heavy (non-hydrogen) atoms. The van der Waals surface area contributed by atoms with Gasteiger partial charge in [0.15, 0.2) is 0 Å². The average Bonchev–Trinajstić information content (AvgIpc) is 3.09. The second-order valence-electron chi connectivity index (χ2n) is 6.01. The molecular formula is C21H18FNO3. The zero-order valence-corrected chi connectivity index (χ0v) is 14.4. The zero-order valence-electron chi connectivity index (χ0n) is 14.4. The van der Waals surface area contributed by atoms with E-state index >= 15 is 0 Å². The van der Waals surface area contributed by atoms with Crippen molar-refractivity contribution in [3.63, 3.8) is 0 Å². The Hall–Kier alpha value is -3.34. The monoisotopic (exact) mass is 351 g/mol. The molecule has 0 amide bonds. The number of hydrogen-bond donors (Lipinski definition) is 1. The first-order valence-electron chi connectivity index (χ1n) is 8.06. The lowest BCUT2D eigenvalue weighted by molar-refractivity contribution is 0.202. The number of phenolic OH excluding ortho intramolecular Hbond substituents is 1. The van der Waals surface area contributed by atoms with Crippen LogP contribution in [0.2, 0.25) is 0 Å². The van der Waals surface area contributed by atoms with Gasteiger partial charge >= 0.3 is 6.09 Å². The number of aromatic hydroxyl groups is 1. The molecule has 1 aromatic heterocycles. The van der Waals surface area contributed by atoms with Crippen molar-refractivity contribution < 1.29 is 19.0 Å². The summed E-state index contributed by atoms with van der Waals surface area (Å²) in [5.41, 5.74) is 3.40. The number of phenols is 1. The van der Waals surface area contributed by atoms with Crippen molar-refractivity contribution in [3.05, 3.63) is 82.9 Å². The van der Waals surface area contributed by atoms with E-state index in [1.54, 1.807) is 18.5 Å². The highest BCUT2D eigenvalue weighted by Crippen LogP contribution is 2.24. The lowest BCUT2D eigenvalue weighted by Gasteiger charge is -2.04. The van der Waals surface area contributed by atoms with Crippen molar-refractivity contribution in [1.82, 2.24) is 4.57 Å². The zero-order chi connectivity index (χ0) is 18.7. The number of rotatable bonds is 3. The fourth-order valence-electron chi connectivity index (χ4n) is 2.56. The number of benzene rings is 2. The SMILES string of the molecule is Cc1cc(/C=C/c2ccn(C(=O)Oc3ccc(F)cc3)c2)cc(C)c1O. The molecule has 0 aliphatic heterocycles. The highest BCUT2D eigenvalue weighted by Gasteiger charge is 2.08. The molecule has 0 saturated heterocycles. The van der Waals surface area contributed by atoms with Crippen molar-refractivity contribution in [3.8, 4) is 11.5 Å². The third-order valence-electron chi connectivity index (χ3n) is 3.93. The van der Waals surface area contributed by atoms with Crippen molar-refractivity contribution in [2.24, 2.45) is 0 Å². The molecule has 0 unspecified atom stereocenters. The largest absolute Gasteiger partial charge is 0.507 e. The van der Waals surface area contributed by atoms with E-state index in [9.17, 15) is 14.3 Å². The molecule has 1 heterocycles. The summed E-state index contributed by atoms with van der Waals surface area (Å²) in [7, 11) is 0. The molecule has 0 fully saturated rings. The normalized spacial score (nSPS) is 11.0. The third kappa shape index (κ3) is 4.00. The first-order chi connectivity index (χ1) is 12.4. The average molecular weight is 351 g/mol. The van der Waals surface area contributed by atoms with Crippen LogP contribution in [0, 0.1) is 19.7 Å². The Bertz CT molecular complexity index is 948. The standard InChI is InChI=1S/C21H18FNO3/c1-14-11-17(12-15(2)20(14)24)4-3-16-9-10-23(13-16)21(25)26-19-7-5-18(22)6-8-19/h3-13,24H,1-2H3/b4-3+. The van der Waals surface area contributed by atoms with Gasteiger partial charge in [0.1, 0.15) is 17.3 Å². The van der Waals surface area contributed by atoms with Crippen LogP contribution in [0.15, 0.2) is 54.9 Å². The van der Waals surface area contributed by atoms with Crippen molar-refractivity contribution >= 4 is 18.2 Å². The van der Waals surface area contributed by atoms with E-state index in [0.717, 1.165) is 22.3 Å². The number of ether oxygens (including phenoxy) is 1. The predicted octanol–water partition coefficient (Wildman–Crippen LogP) is 5.17. The van der Waals surface area contributed by atoms with E-state index in [-0.39, 0.29) is 5.75 Å². The highest BCUT2D eigenvalue weighted by molar-refractivity contribution is 5.76. The Kier molecular flexibility index (Phi) is 4.89. The molecular weight excluding hydrogens is 333 g/mol. The third-order valence-corrected chi connectivity index (χ3v) is 3.93. The van der Waals surface area contributed by atoms with Crippen molar-refractivity contribution in [1.29, 1.82) is 0 Å². The topological polar surface area (TPSA) is 51.5 Å². The maximum absolute atomic E-state index is 12.9. The molecule has 5 heteroatoms. The van der Waals surface area contributed by atoms with Crippen LogP contribution >= 0.6 is 0 Å². The van der Waals surface area contributed by atoms with Crippen LogP contribution in [0.5, 0.6) is 11.5 Å². The number of halogens is 1. The number of nitrogens with zero attached hydrogens (tertiary/aromatic N) is 1. The molecule has 132 valence electrons. The molecule has 3 rings (SSSR count). The van der Waals surface area contributed by atoms with Gasteiger partial charge in [-0.25, -0.2) is 9.18 Å². The van der Waals surface area contributed by atoms with Gasteiger partial charge in [-0.3, -0.25) is 4.57 Å². The Morgan fingerprint density at radius 3 is 2.31 bits per heavy atom. The first-order valence-corrected chi connectivity index (χ1v) is 8.06. The van der Waals surface area contributed by atoms with Crippen LogP contribution in [-0.4, -0.2) is 15.8 Å². The Morgan fingerprint density at radius 1 is 1.04 bits per heavy atom. The number of hydrogen-bond acceptors (Lipinski definition) is 3. The van der Waals surface area contributed by atoms with E-state index in [0.29, 0.717) is 5.75 Å². The fraction of sp³-hybridized carbons (Fsp3) is 0.0952. The number of aromatic nitrogens is 1. The lowest BCUT2D eigenvalue weighted by atomic mass is 10.1. The van der Waals surface area contributed by atoms with Gasteiger partial charge in [-0.2, -0.15) is 0 Å². The lowest BCUT2D eigenvalue weighted by Crippen LogP contribution is -2.14. The molecule has 0 spiro atoms. The Morgan fingerprint density at radius 2 is 1.65 bits per heavy atom. The summed E-state index contributed by atoms with van der Waals surface area (Å²) in [6.07, 6.45) is 6.44. The smallest absolute Gasteiger partial charge is 0.423 e. The molecule has 0 radical (unpaired) electrons. The van der Waals surface area contributed by atoms with Crippen LogP contribution in [0.1, 0.15) is 22.3 Å². The molecule has 0 saturated carbocycles. The predicted molar refractivity (Wildman–Crippen MR) is 98.8 cm³/mol. The van der Waals surface area contributed by atoms with Crippen LogP contribution in [-0.2, 0) is 0 Å². The van der Waals surface area contributed by atoms with Crippen LogP contribution in [0.4, 0.5) is 9.18 Å². The van der Waals surface area contributed by atoms with Gasteiger partial charge in [-0.05, 0) is 78.6 Å². The molecule has 0 aliphatic carbocycles. The van der Waals surface area contributed by atoms with E-state index in [2.05, 4.69) is 0 Å². The summed E-state index contributed by atoms with van der Waals surface area (Å²) in [5.74, 6) is 0.187. The summed E-state index contributed by atoms with van der Waals surface area (Å²) in [6.45, 7) is 3.70. The second-order valence-corrected chi connectivity index (χ2v) is 6.01. The molecule has 3 aromatic rings. The van der Waals surface area contributed by atoms with Crippen LogP contribution in [0.3, 0.4) is 0 Å². The minimum absolute atomic E-state index is 0.275. The van der Waals surface area contributed by atoms with E-state index in [4.69, 9.17) is 4.74 Å². The summed E-state index contributed by atoms with van der Waals surface area (Å²) in [6, 6.07) is 10.8. The van der Waals surface area contributed by atoms with Gasteiger partial charge in [-0.1, -0.05) is 12.2 Å². The Labute approximate surface area is 150 Å². The van der Waals surface area contributed by atoms with Gasteiger partial charge in [0, 0.05) is 12.4 Å². The maximum atomic E-state index is 12.9. The highest BCUT2D eigenvalue weighted by atomic mass is 19.1. The van der Waals surface area contributed by atoms with Gasteiger partial charge in [-0.15, -0.1) is 0 Å². The Balaban J connectivity index is 1.71. The van der Waals surface area contributed by atoms with E-state index in [1.165, 1.54) is 28.8 Å². The number of carbonyl (C=O) groups is 1. The minimum atomic E-state index is -0.576. The first kappa shape index (κ1) is 17.5. The molecule has 0 aliphatic rings. The molecule has 0 bridgehead atoms. The van der Waals surface area contributed by atoms with E-state index < -0.39 is 11.9 Å². The van der Waals surface area contributed by atoms with Gasteiger partial charge in [0.25, 0.3) is 0 Å². The molecule has 0 atom stereocenters. The number of carbonyl (C=O) groups excluding carboxylic acids is 1. The summed E-state index contributed by atoms with van der Waals surface area (Å²) in [5, 5.41) is 9.82. The van der Waals surface area contributed by atoms with Gasteiger partial charge < -0.3 is 9.84 Å². The van der Waals surface area contributed by atoms with Gasteiger partial charge in [0.2, 0.25) is 0 Å². The van der Waals surface area contributed by atoms with Gasteiger partial charge in [0.05, 0.1) is 0 Å². The maximum Gasteiger partial charge on any atom is 0.423 e. The van der Waals surface area contributed by atoms with Crippen LogP contribution in [0.25, 0.3) is 12.2 Å². The molecule has 4 nitrogen and oxygen atoms in total. The van der Waals surface area contributed by atoms with Crippen LogP contribution < -0.4 is 4.74 Å². The summed E-state index contributed by atoms with van der Waals surface area (Å²) >= 11 is 0. The minimum Gasteiger partial charge on any atom is -0.507 e. The van der Waals surface area contributed by atoms with Crippen molar-refractivity contribution in [2.45, 2.75) is 13.8 Å². The fourth-order valence-corrected chi connectivity index (χ4v) is 2.56. The quantitative estimate of drug-likeness (QED) is 0.708.